The minimum absolute atomic E-state index is 0.638. The summed E-state index contributed by atoms with van der Waals surface area (Å²) in [6.07, 6.45) is 5.54. The third kappa shape index (κ3) is 3.05. The first kappa shape index (κ1) is 12.5. The van der Waals surface area contributed by atoms with Gasteiger partial charge in [0.25, 0.3) is 0 Å². The normalized spacial score (nSPS) is 10.7. The number of thioether (sulfide) groups is 1. The summed E-state index contributed by atoms with van der Waals surface area (Å²) in [6, 6.07) is 8.18. The summed E-state index contributed by atoms with van der Waals surface area (Å²) in [5.41, 5.74) is 1.10. The minimum Gasteiger partial charge on any atom is -0.441 e. The Morgan fingerprint density at radius 2 is 2.18 bits per heavy atom. The molecule has 0 spiro atoms. The fourth-order valence-electron chi connectivity index (χ4n) is 1.62. The largest absolute Gasteiger partial charge is 0.441 e. The van der Waals surface area contributed by atoms with E-state index in [9.17, 15) is 0 Å². The van der Waals surface area contributed by atoms with Crippen LogP contribution in [0.4, 0.5) is 0 Å². The van der Waals surface area contributed by atoms with Crippen molar-refractivity contribution in [2.75, 3.05) is 12.1 Å². The lowest BCUT2D eigenvalue weighted by atomic mass is 10.2. The molecule has 90 valence electrons. The van der Waals surface area contributed by atoms with Gasteiger partial charge in [-0.25, -0.2) is 4.98 Å². The molecule has 2 rings (SSSR count). The van der Waals surface area contributed by atoms with Gasteiger partial charge < -0.3 is 4.42 Å². The number of halogens is 1. The van der Waals surface area contributed by atoms with Gasteiger partial charge in [0.1, 0.15) is 0 Å². The molecule has 2 aromatic rings. The highest BCUT2D eigenvalue weighted by atomic mass is 35.5. The van der Waals surface area contributed by atoms with E-state index < -0.39 is 0 Å². The van der Waals surface area contributed by atoms with E-state index in [1.807, 2.05) is 12.1 Å². The summed E-state index contributed by atoms with van der Waals surface area (Å²) in [5.74, 6) is 2.23. The summed E-state index contributed by atoms with van der Waals surface area (Å²) in [4.78, 5) is 5.47. The molecule has 0 unspecified atom stereocenters. The van der Waals surface area contributed by atoms with Crippen LogP contribution in [0.3, 0.4) is 0 Å². The molecule has 0 amide bonds. The standard InChI is InChI=1S/C13H14ClNOS/c1-17-12-6-3-2-5-10(12)11-9-15-13(16-11)7-4-8-14/h2-3,5-6,9H,4,7-8H2,1H3. The first-order chi connectivity index (χ1) is 8.35. The summed E-state index contributed by atoms with van der Waals surface area (Å²) in [7, 11) is 0. The van der Waals surface area contributed by atoms with Crippen LogP contribution >= 0.6 is 23.4 Å². The first-order valence-corrected chi connectivity index (χ1v) is 7.25. The predicted molar refractivity (Wildman–Crippen MR) is 72.8 cm³/mol. The molecule has 1 aromatic carbocycles. The van der Waals surface area contributed by atoms with Crippen LogP contribution in [0.15, 0.2) is 39.8 Å². The van der Waals surface area contributed by atoms with Crippen molar-refractivity contribution >= 4 is 23.4 Å². The lowest BCUT2D eigenvalue weighted by Gasteiger charge is -2.02. The quantitative estimate of drug-likeness (QED) is 0.599. The molecule has 0 saturated carbocycles. The van der Waals surface area contributed by atoms with E-state index in [0.717, 1.165) is 30.1 Å². The summed E-state index contributed by atoms with van der Waals surface area (Å²) in [6.45, 7) is 0. The average Bonchev–Trinajstić information content (AvgIpc) is 2.85. The summed E-state index contributed by atoms with van der Waals surface area (Å²) >= 11 is 7.36. The molecule has 17 heavy (non-hydrogen) atoms. The van der Waals surface area contributed by atoms with Crippen molar-refractivity contribution in [3.63, 3.8) is 0 Å². The number of aryl methyl sites for hydroxylation is 1. The van der Waals surface area contributed by atoms with Crippen LogP contribution in [0.25, 0.3) is 11.3 Å². The van der Waals surface area contributed by atoms with Crippen LogP contribution in [0.5, 0.6) is 0 Å². The Morgan fingerprint density at radius 1 is 1.35 bits per heavy atom. The maximum absolute atomic E-state index is 5.73. The lowest BCUT2D eigenvalue weighted by Crippen LogP contribution is -1.84. The van der Waals surface area contributed by atoms with E-state index in [1.54, 1.807) is 18.0 Å². The van der Waals surface area contributed by atoms with Crippen LogP contribution < -0.4 is 0 Å². The van der Waals surface area contributed by atoms with E-state index in [-0.39, 0.29) is 0 Å². The molecule has 0 aliphatic rings. The molecule has 1 heterocycles. The van der Waals surface area contributed by atoms with Gasteiger partial charge in [0.2, 0.25) is 0 Å². The zero-order chi connectivity index (χ0) is 12.1. The van der Waals surface area contributed by atoms with E-state index in [1.165, 1.54) is 4.90 Å². The molecule has 0 saturated heterocycles. The number of aromatic nitrogens is 1. The Hall–Kier alpha value is -0.930. The Balaban J connectivity index is 2.24. The SMILES string of the molecule is CSc1ccccc1-c1cnc(CCCCl)o1. The second-order valence-corrected chi connectivity index (χ2v) is 4.84. The van der Waals surface area contributed by atoms with Crippen LogP contribution in [-0.4, -0.2) is 17.1 Å². The van der Waals surface area contributed by atoms with Crippen molar-refractivity contribution in [1.29, 1.82) is 0 Å². The van der Waals surface area contributed by atoms with Gasteiger partial charge in [-0.1, -0.05) is 18.2 Å². The maximum Gasteiger partial charge on any atom is 0.194 e. The number of hydrogen-bond acceptors (Lipinski definition) is 3. The van der Waals surface area contributed by atoms with Crippen LogP contribution in [0, 0.1) is 0 Å². The van der Waals surface area contributed by atoms with Crippen molar-refractivity contribution < 1.29 is 4.42 Å². The summed E-state index contributed by atoms with van der Waals surface area (Å²) in [5, 5.41) is 0. The fourth-order valence-corrected chi connectivity index (χ4v) is 2.35. The van der Waals surface area contributed by atoms with E-state index in [2.05, 4.69) is 23.4 Å². The zero-order valence-electron chi connectivity index (χ0n) is 9.65. The highest BCUT2D eigenvalue weighted by Gasteiger charge is 2.09. The van der Waals surface area contributed by atoms with Crippen molar-refractivity contribution in [1.82, 2.24) is 4.98 Å². The molecule has 1 aromatic heterocycles. The lowest BCUT2D eigenvalue weighted by molar-refractivity contribution is 0.502. The number of alkyl halides is 1. The molecule has 4 heteroatoms. The smallest absolute Gasteiger partial charge is 0.194 e. The van der Waals surface area contributed by atoms with Crippen molar-refractivity contribution in [2.24, 2.45) is 0 Å². The second-order valence-electron chi connectivity index (χ2n) is 3.61. The zero-order valence-corrected chi connectivity index (χ0v) is 11.2. The molecular weight excluding hydrogens is 254 g/mol. The molecular formula is C13H14ClNOS. The number of benzene rings is 1. The average molecular weight is 268 g/mol. The molecule has 0 bridgehead atoms. The predicted octanol–water partition coefficient (Wildman–Crippen LogP) is 4.23. The Labute approximate surface area is 110 Å². The van der Waals surface area contributed by atoms with Gasteiger partial charge in [-0.15, -0.1) is 23.4 Å². The number of oxazole rings is 1. The fraction of sp³-hybridized carbons (Fsp3) is 0.308. The molecule has 0 fully saturated rings. The molecule has 0 aliphatic carbocycles. The summed E-state index contributed by atoms with van der Waals surface area (Å²) < 4.78 is 5.73. The third-order valence-corrected chi connectivity index (χ3v) is 3.51. The van der Waals surface area contributed by atoms with Gasteiger partial charge in [0.15, 0.2) is 11.7 Å². The number of nitrogens with zero attached hydrogens (tertiary/aromatic N) is 1. The van der Waals surface area contributed by atoms with Crippen molar-refractivity contribution in [2.45, 2.75) is 17.7 Å². The van der Waals surface area contributed by atoms with E-state index in [0.29, 0.717) is 5.88 Å². The monoisotopic (exact) mass is 267 g/mol. The van der Waals surface area contributed by atoms with Crippen molar-refractivity contribution in [3.05, 3.63) is 36.4 Å². The van der Waals surface area contributed by atoms with Crippen LogP contribution in [-0.2, 0) is 6.42 Å². The Bertz CT molecular complexity index is 484. The molecule has 2 nitrogen and oxygen atoms in total. The van der Waals surface area contributed by atoms with Gasteiger partial charge in [-0.2, -0.15) is 0 Å². The molecule has 0 radical (unpaired) electrons. The number of rotatable bonds is 5. The Morgan fingerprint density at radius 3 is 2.94 bits per heavy atom. The van der Waals surface area contributed by atoms with Crippen molar-refractivity contribution in [3.8, 4) is 11.3 Å². The topological polar surface area (TPSA) is 26.0 Å². The van der Waals surface area contributed by atoms with Gasteiger partial charge >= 0.3 is 0 Å². The van der Waals surface area contributed by atoms with Gasteiger partial charge in [-0.05, 0) is 18.7 Å². The van der Waals surface area contributed by atoms with Gasteiger partial charge in [0, 0.05) is 22.8 Å². The minimum atomic E-state index is 0.638. The van der Waals surface area contributed by atoms with Crippen LogP contribution in [0.2, 0.25) is 0 Å². The number of hydrogen-bond donors (Lipinski definition) is 0. The molecule has 0 atom stereocenters. The highest BCUT2D eigenvalue weighted by Crippen LogP contribution is 2.30. The first-order valence-electron chi connectivity index (χ1n) is 5.49. The van der Waals surface area contributed by atoms with Gasteiger partial charge in [0.05, 0.1) is 6.20 Å². The molecule has 0 N–H and O–H groups in total. The highest BCUT2D eigenvalue weighted by molar-refractivity contribution is 7.98. The van der Waals surface area contributed by atoms with Crippen LogP contribution in [0.1, 0.15) is 12.3 Å². The maximum atomic E-state index is 5.73. The van der Waals surface area contributed by atoms with E-state index >= 15 is 0 Å². The molecule has 0 aliphatic heterocycles. The third-order valence-electron chi connectivity index (χ3n) is 2.45. The van der Waals surface area contributed by atoms with E-state index in [4.69, 9.17) is 16.0 Å². The second kappa shape index (κ2) is 6.12. The Kier molecular flexibility index (Phi) is 4.51. The van der Waals surface area contributed by atoms with Gasteiger partial charge in [-0.3, -0.25) is 0 Å².